The van der Waals surface area contributed by atoms with Crippen LogP contribution in [0.1, 0.15) is 31.2 Å². The van der Waals surface area contributed by atoms with Gasteiger partial charge in [-0.15, -0.1) is 24.0 Å². The molecule has 0 aromatic heterocycles. The number of rotatable bonds is 2. The van der Waals surface area contributed by atoms with Crippen molar-refractivity contribution in [1.29, 1.82) is 0 Å². The number of ether oxygens (including phenoxy) is 1. The summed E-state index contributed by atoms with van der Waals surface area (Å²) in [5, 5.41) is 0.186. The number of hydrogen-bond donors (Lipinski definition) is 1. The van der Waals surface area contributed by atoms with Crippen LogP contribution in [0.5, 0.6) is 0 Å². The highest BCUT2D eigenvalue weighted by atomic mass is 127. The monoisotopic (exact) mass is 453 g/mol. The summed E-state index contributed by atoms with van der Waals surface area (Å²) in [6.45, 7) is 4.32. The van der Waals surface area contributed by atoms with E-state index in [1.54, 1.807) is 12.1 Å². The predicted octanol–water partition coefficient (Wildman–Crippen LogP) is 3.38. The van der Waals surface area contributed by atoms with Gasteiger partial charge in [-0.1, -0.05) is 17.7 Å². The maximum atomic E-state index is 13.2. The van der Waals surface area contributed by atoms with E-state index in [4.69, 9.17) is 22.1 Å². The van der Waals surface area contributed by atoms with E-state index in [2.05, 4.69) is 9.89 Å². The van der Waals surface area contributed by atoms with Gasteiger partial charge in [-0.05, 0) is 43.4 Å². The molecule has 0 spiro atoms. The zero-order valence-corrected chi connectivity index (χ0v) is 16.1. The first-order chi connectivity index (χ1) is 10.5. The SMILES string of the molecule is CC1CN(C(N)=NC2CC(c3ccc(F)c(Cl)c3)C2)CCO1.I. The van der Waals surface area contributed by atoms with Crippen molar-refractivity contribution >= 4 is 41.5 Å². The van der Waals surface area contributed by atoms with Gasteiger partial charge < -0.3 is 15.4 Å². The molecule has 128 valence electrons. The largest absolute Gasteiger partial charge is 0.375 e. The molecule has 23 heavy (non-hydrogen) atoms. The molecule has 0 amide bonds. The Kier molecular flexibility index (Phi) is 6.50. The molecule has 1 saturated carbocycles. The van der Waals surface area contributed by atoms with E-state index in [1.165, 1.54) is 6.07 Å². The van der Waals surface area contributed by atoms with E-state index in [-0.39, 0.29) is 47.0 Å². The average molecular weight is 454 g/mol. The molecule has 1 aliphatic heterocycles. The molecule has 1 aromatic rings. The maximum absolute atomic E-state index is 13.2. The number of morpholine rings is 1. The van der Waals surface area contributed by atoms with E-state index in [0.29, 0.717) is 18.5 Å². The second-order valence-electron chi connectivity index (χ2n) is 6.11. The lowest BCUT2D eigenvalue weighted by Gasteiger charge is -2.36. The fourth-order valence-corrected chi connectivity index (χ4v) is 3.22. The van der Waals surface area contributed by atoms with Gasteiger partial charge in [0, 0.05) is 13.1 Å². The number of benzene rings is 1. The Labute approximate surface area is 158 Å². The number of halogens is 3. The third-order valence-corrected chi connectivity index (χ3v) is 4.70. The molecular formula is C16H22ClFIN3O. The fourth-order valence-electron chi connectivity index (χ4n) is 3.03. The molecule has 1 atom stereocenters. The van der Waals surface area contributed by atoms with Crippen LogP contribution in [0.25, 0.3) is 0 Å². The average Bonchev–Trinajstić information content (AvgIpc) is 2.45. The first-order valence-electron chi connectivity index (χ1n) is 7.67. The molecule has 2 fully saturated rings. The van der Waals surface area contributed by atoms with Crippen LogP contribution < -0.4 is 5.73 Å². The minimum atomic E-state index is -0.370. The van der Waals surface area contributed by atoms with Gasteiger partial charge in [0.05, 0.1) is 23.8 Å². The van der Waals surface area contributed by atoms with E-state index < -0.39 is 0 Å². The molecule has 0 radical (unpaired) electrons. The summed E-state index contributed by atoms with van der Waals surface area (Å²) >= 11 is 5.83. The van der Waals surface area contributed by atoms with Crippen molar-refractivity contribution in [2.24, 2.45) is 10.7 Å². The van der Waals surface area contributed by atoms with Gasteiger partial charge in [0.15, 0.2) is 5.96 Å². The summed E-state index contributed by atoms with van der Waals surface area (Å²) in [5.74, 6) is 0.629. The molecule has 4 nitrogen and oxygen atoms in total. The Morgan fingerprint density at radius 2 is 2.17 bits per heavy atom. The highest BCUT2D eigenvalue weighted by Crippen LogP contribution is 2.39. The molecule has 1 heterocycles. The Hall–Kier alpha value is -0.600. The van der Waals surface area contributed by atoms with E-state index >= 15 is 0 Å². The molecule has 0 bridgehead atoms. The van der Waals surface area contributed by atoms with E-state index in [0.717, 1.165) is 31.5 Å². The zero-order chi connectivity index (χ0) is 15.7. The van der Waals surface area contributed by atoms with Crippen LogP contribution >= 0.6 is 35.6 Å². The smallest absolute Gasteiger partial charge is 0.191 e. The standard InChI is InChI=1S/C16H21ClFN3O.HI/c1-10-9-21(4-5-22-10)16(19)20-13-6-12(7-13)11-2-3-15(18)14(17)8-11;/h2-3,8,10,12-13H,4-7,9H2,1H3,(H2,19,20);1H. The van der Waals surface area contributed by atoms with E-state index in [9.17, 15) is 4.39 Å². The van der Waals surface area contributed by atoms with Gasteiger partial charge in [-0.2, -0.15) is 0 Å². The van der Waals surface area contributed by atoms with Crippen molar-refractivity contribution in [3.05, 3.63) is 34.6 Å². The van der Waals surface area contributed by atoms with Gasteiger partial charge in [0.1, 0.15) is 5.82 Å². The molecule has 2 aliphatic rings. The van der Waals surface area contributed by atoms with Gasteiger partial charge in [-0.3, -0.25) is 0 Å². The van der Waals surface area contributed by atoms with Gasteiger partial charge in [0.25, 0.3) is 0 Å². The summed E-state index contributed by atoms with van der Waals surface area (Å²) in [4.78, 5) is 6.69. The first kappa shape index (κ1) is 18.7. The van der Waals surface area contributed by atoms with Crippen molar-refractivity contribution in [1.82, 2.24) is 4.90 Å². The molecule has 2 N–H and O–H groups in total. The molecule has 3 rings (SSSR count). The lowest BCUT2D eigenvalue weighted by Crippen LogP contribution is -2.48. The van der Waals surface area contributed by atoms with Crippen LogP contribution in [0.2, 0.25) is 5.02 Å². The summed E-state index contributed by atoms with van der Waals surface area (Å²) in [5.41, 5.74) is 7.18. The third kappa shape index (κ3) is 4.48. The predicted molar refractivity (Wildman–Crippen MR) is 101 cm³/mol. The molecule has 1 aliphatic carbocycles. The van der Waals surface area contributed by atoms with Crippen LogP contribution in [-0.2, 0) is 4.74 Å². The Balaban J connectivity index is 0.00000192. The van der Waals surface area contributed by atoms with Gasteiger partial charge in [-0.25, -0.2) is 9.38 Å². The Morgan fingerprint density at radius 3 is 2.83 bits per heavy atom. The summed E-state index contributed by atoms with van der Waals surface area (Å²) in [6, 6.07) is 5.19. The van der Waals surface area contributed by atoms with Gasteiger partial charge >= 0.3 is 0 Å². The second kappa shape index (κ2) is 7.98. The van der Waals surface area contributed by atoms with E-state index in [1.807, 2.05) is 6.92 Å². The lowest BCUT2D eigenvalue weighted by molar-refractivity contribution is 0.00512. The normalized spacial score (nSPS) is 28.0. The fraction of sp³-hybridized carbons (Fsp3) is 0.562. The van der Waals surface area contributed by atoms with Crippen LogP contribution in [0.3, 0.4) is 0 Å². The molecule has 7 heteroatoms. The van der Waals surface area contributed by atoms with Crippen LogP contribution in [0.15, 0.2) is 23.2 Å². The second-order valence-corrected chi connectivity index (χ2v) is 6.52. The first-order valence-corrected chi connectivity index (χ1v) is 8.05. The lowest BCUT2D eigenvalue weighted by atomic mass is 9.76. The van der Waals surface area contributed by atoms with Crippen molar-refractivity contribution in [2.75, 3.05) is 19.7 Å². The zero-order valence-electron chi connectivity index (χ0n) is 13.0. The third-order valence-electron chi connectivity index (χ3n) is 4.41. The van der Waals surface area contributed by atoms with Crippen molar-refractivity contribution in [3.8, 4) is 0 Å². The number of nitrogens with two attached hydrogens (primary N) is 1. The minimum absolute atomic E-state index is 0. The highest BCUT2D eigenvalue weighted by Gasteiger charge is 2.31. The number of nitrogens with zero attached hydrogens (tertiary/aromatic N) is 2. The minimum Gasteiger partial charge on any atom is -0.375 e. The van der Waals surface area contributed by atoms with Crippen molar-refractivity contribution in [2.45, 2.75) is 37.8 Å². The summed E-state index contributed by atoms with van der Waals surface area (Å²) in [7, 11) is 0. The Morgan fingerprint density at radius 1 is 1.43 bits per heavy atom. The number of guanidine groups is 1. The molecule has 1 saturated heterocycles. The quantitative estimate of drug-likeness (QED) is 0.424. The Bertz CT molecular complexity index is 580. The topological polar surface area (TPSA) is 50.8 Å². The number of aliphatic imine (C=N–C) groups is 1. The van der Waals surface area contributed by atoms with Crippen LogP contribution in [0, 0.1) is 5.82 Å². The van der Waals surface area contributed by atoms with Gasteiger partial charge in [0.2, 0.25) is 0 Å². The summed E-state index contributed by atoms with van der Waals surface area (Å²) in [6.07, 6.45) is 2.06. The molecule has 1 aromatic carbocycles. The molecular weight excluding hydrogens is 432 g/mol. The number of hydrogen-bond acceptors (Lipinski definition) is 2. The van der Waals surface area contributed by atoms with Crippen molar-refractivity contribution in [3.63, 3.8) is 0 Å². The van der Waals surface area contributed by atoms with Crippen LogP contribution in [0.4, 0.5) is 4.39 Å². The summed E-state index contributed by atoms with van der Waals surface area (Å²) < 4.78 is 18.7. The molecule has 1 unspecified atom stereocenters. The maximum Gasteiger partial charge on any atom is 0.191 e. The highest BCUT2D eigenvalue weighted by molar-refractivity contribution is 14.0. The van der Waals surface area contributed by atoms with Crippen molar-refractivity contribution < 1.29 is 9.13 Å². The van der Waals surface area contributed by atoms with Crippen LogP contribution in [-0.4, -0.2) is 42.7 Å².